The van der Waals surface area contributed by atoms with E-state index in [1.807, 2.05) is 94.7 Å². The molecule has 0 aromatic heterocycles. The van der Waals surface area contributed by atoms with Gasteiger partial charge in [-0.1, -0.05) is 48.5 Å². The third-order valence-corrected chi connectivity index (χ3v) is 6.64. The lowest BCUT2D eigenvalue weighted by Crippen LogP contribution is -2.64. The third kappa shape index (κ3) is 4.97. The van der Waals surface area contributed by atoms with Crippen LogP contribution < -0.4 is 4.74 Å². The van der Waals surface area contributed by atoms with Crippen molar-refractivity contribution in [3.8, 4) is 5.75 Å². The predicted molar refractivity (Wildman–Crippen MR) is 131 cm³/mol. The van der Waals surface area contributed by atoms with Crippen LogP contribution in [0.4, 0.5) is 0 Å². The molecular weight excluding hydrogens is 426 g/mol. The molecule has 0 atom stereocenters. The normalized spacial score (nSPS) is 16.7. The highest BCUT2D eigenvalue weighted by Gasteiger charge is 2.37. The van der Waals surface area contributed by atoms with Gasteiger partial charge >= 0.3 is 0 Å². The van der Waals surface area contributed by atoms with E-state index in [9.17, 15) is 9.59 Å². The van der Waals surface area contributed by atoms with E-state index >= 15 is 0 Å². The molecule has 0 saturated carbocycles. The lowest BCUT2D eigenvalue weighted by atomic mass is 10.0. The molecule has 2 aliphatic heterocycles. The summed E-state index contributed by atoms with van der Waals surface area (Å²) in [6.45, 7) is 5.12. The molecule has 0 spiro atoms. The van der Waals surface area contributed by atoms with E-state index in [2.05, 4.69) is 4.90 Å². The number of likely N-dealkylation sites (tertiary alicyclic amines) is 1. The quantitative estimate of drug-likeness (QED) is 0.571. The molecule has 3 aromatic rings. The predicted octanol–water partition coefficient (Wildman–Crippen LogP) is 3.55. The van der Waals surface area contributed by atoms with Crippen LogP contribution in [0.2, 0.25) is 0 Å². The number of nitrogens with zero attached hydrogens (tertiary/aromatic N) is 3. The molecule has 34 heavy (non-hydrogen) atoms. The Morgan fingerprint density at radius 1 is 0.676 bits per heavy atom. The van der Waals surface area contributed by atoms with Gasteiger partial charge in [0.15, 0.2) is 0 Å². The molecule has 6 heteroatoms. The second-order valence-electron chi connectivity index (χ2n) is 8.86. The molecule has 2 fully saturated rings. The maximum atomic E-state index is 12.9. The molecule has 2 saturated heterocycles. The Bertz CT molecular complexity index is 1100. The molecular formula is C28H29N3O3. The van der Waals surface area contributed by atoms with Crippen LogP contribution >= 0.6 is 0 Å². The number of amides is 2. The molecule has 0 aliphatic carbocycles. The summed E-state index contributed by atoms with van der Waals surface area (Å²) in [5.74, 6) is 0.912. The highest BCUT2D eigenvalue weighted by molar-refractivity contribution is 5.95. The van der Waals surface area contributed by atoms with Crippen LogP contribution in [0.5, 0.6) is 5.75 Å². The topological polar surface area (TPSA) is 53.1 Å². The summed E-state index contributed by atoms with van der Waals surface area (Å²) in [5.41, 5.74) is 2.54. The Balaban J connectivity index is 1.07. The van der Waals surface area contributed by atoms with Crippen LogP contribution in [0, 0.1) is 0 Å². The minimum absolute atomic E-state index is 0.0590. The number of benzene rings is 3. The van der Waals surface area contributed by atoms with Crippen LogP contribution in [0.25, 0.3) is 0 Å². The molecule has 0 unspecified atom stereocenters. The highest BCUT2D eigenvalue weighted by Crippen LogP contribution is 2.22. The average Bonchev–Trinajstić information content (AvgIpc) is 2.88. The Morgan fingerprint density at radius 3 is 1.88 bits per heavy atom. The van der Waals surface area contributed by atoms with Crippen molar-refractivity contribution in [3.05, 3.63) is 102 Å². The van der Waals surface area contributed by atoms with Gasteiger partial charge in [0.05, 0.1) is 0 Å². The van der Waals surface area contributed by atoms with Crippen molar-refractivity contribution in [3.63, 3.8) is 0 Å². The Kier molecular flexibility index (Phi) is 6.58. The van der Waals surface area contributed by atoms with Crippen LogP contribution in [0.3, 0.4) is 0 Å². The monoisotopic (exact) mass is 455 g/mol. The molecule has 6 nitrogen and oxygen atoms in total. The number of ether oxygens (including phenoxy) is 1. The second kappa shape index (κ2) is 10.1. The minimum atomic E-state index is 0.0590. The summed E-state index contributed by atoms with van der Waals surface area (Å²) in [5, 5.41) is 0. The second-order valence-corrected chi connectivity index (χ2v) is 8.86. The van der Waals surface area contributed by atoms with Gasteiger partial charge in [0.25, 0.3) is 11.8 Å². The van der Waals surface area contributed by atoms with Gasteiger partial charge in [-0.05, 0) is 42.0 Å². The van der Waals surface area contributed by atoms with Crippen molar-refractivity contribution >= 4 is 11.8 Å². The van der Waals surface area contributed by atoms with E-state index in [1.54, 1.807) is 0 Å². The number of carbonyl (C=O) groups excluding carboxylic acids is 2. The number of hydrogen-bond donors (Lipinski definition) is 0. The number of carbonyl (C=O) groups is 2. The van der Waals surface area contributed by atoms with E-state index in [1.165, 1.54) is 0 Å². The van der Waals surface area contributed by atoms with Crippen molar-refractivity contribution < 1.29 is 14.3 Å². The van der Waals surface area contributed by atoms with Gasteiger partial charge < -0.3 is 14.5 Å². The van der Waals surface area contributed by atoms with E-state index in [0.29, 0.717) is 18.2 Å². The van der Waals surface area contributed by atoms with Gasteiger partial charge in [0.1, 0.15) is 12.4 Å². The summed E-state index contributed by atoms with van der Waals surface area (Å²) < 4.78 is 5.82. The molecule has 174 valence electrons. The minimum Gasteiger partial charge on any atom is -0.489 e. The fourth-order valence-electron chi connectivity index (χ4n) is 4.52. The standard InChI is InChI=1S/C28H29N3O3/c32-27(23-9-5-2-6-10-23)30-17-15-29(16-18-30)25-19-31(20-25)28(33)24-11-13-26(14-12-24)34-21-22-7-3-1-4-8-22/h1-14,25H,15-21H2. The van der Waals surface area contributed by atoms with Crippen molar-refractivity contribution in [1.29, 1.82) is 0 Å². The zero-order valence-corrected chi connectivity index (χ0v) is 19.2. The van der Waals surface area contributed by atoms with Crippen LogP contribution in [-0.4, -0.2) is 71.8 Å². The first-order chi connectivity index (χ1) is 16.7. The van der Waals surface area contributed by atoms with E-state index in [4.69, 9.17) is 4.74 Å². The summed E-state index contributed by atoms with van der Waals surface area (Å²) in [4.78, 5) is 31.7. The maximum absolute atomic E-state index is 12.9. The van der Waals surface area contributed by atoms with Crippen LogP contribution in [0.15, 0.2) is 84.9 Å². The lowest BCUT2D eigenvalue weighted by molar-refractivity contribution is 0.00853. The molecule has 3 aromatic carbocycles. The van der Waals surface area contributed by atoms with E-state index < -0.39 is 0 Å². The van der Waals surface area contributed by atoms with Gasteiger partial charge in [0, 0.05) is 56.4 Å². The van der Waals surface area contributed by atoms with Gasteiger partial charge in [0.2, 0.25) is 0 Å². The first-order valence-corrected chi connectivity index (χ1v) is 11.8. The molecule has 2 heterocycles. The van der Waals surface area contributed by atoms with Crippen molar-refractivity contribution in [2.24, 2.45) is 0 Å². The SMILES string of the molecule is O=C(c1ccccc1)N1CCN(C2CN(C(=O)c3ccc(OCc4ccccc4)cc3)C2)CC1. The van der Waals surface area contributed by atoms with Crippen molar-refractivity contribution in [1.82, 2.24) is 14.7 Å². The molecule has 0 N–H and O–H groups in total. The molecule has 5 rings (SSSR count). The van der Waals surface area contributed by atoms with Gasteiger partial charge in [-0.3, -0.25) is 14.5 Å². The first kappa shape index (κ1) is 22.2. The summed E-state index contributed by atoms with van der Waals surface area (Å²) >= 11 is 0. The molecule has 0 bridgehead atoms. The van der Waals surface area contributed by atoms with E-state index in [0.717, 1.165) is 56.1 Å². The third-order valence-electron chi connectivity index (χ3n) is 6.64. The van der Waals surface area contributed by atoms with Crippen LogP contribution in [-0.2, 0) is 6.61 Å². The maximum Gasteiger partial charge on any atom is 0.253 e. The van der Waals surface area contributed by atoms with E-state index in [-0.39, 0.29) is 11.8 Å². The van der Waals surface area contributed by atoms with Gasteiger partial charge in [-0.25, -0.2) is 0 Å². The average molecular weight is 456 g/mol. The van der Waals surface area contributed by atoms with Gasteiger partial charge in [-0.15, -0.1) is 0 Å². The van der Waals surface area contributed by atoms with Crippen molar-refractivity contribution in [2.75, 3.05) is 39.3 Å². The highest BCUT2D eigenvalue weighted by atomic mass is 16.5. The Hall–Kier alpha value is -3.64. The Morgan fingerprint density at radius 2 is 1.24 bits per heavy atom. The first-order valence-electron chi connectivity index (χ1n) is 11.8. The summed E-state index contributed by atoms with van der Waals surface area (Å²) in [7, 11) is 0. The molecule has 2 amide bonds. The number of piperazine rings is 1. The fraction of sp³-hybridized carbons (Fsp3) is 0.286. The zero-order valence-electron chi connectivity index (χ0n) is 19.2. The Labute approximate surface area is 200 Å². The van der Waals surface area contributed by atoms with Crippen LogP contribution in [0.1, 0.15) is 26.3 Å². The number of rotatable bonds is 6. The fourth-order valence-corrected chi connectivity index (χ4v) is 4.52. The smallest absolute Gasteiger partial charge is 0.253 e. The molecule has 2 aliphatic rings. The largest absolute Gasteiger partial charge is 0.489 e. The van der Waals surface area contributed by atoms with Gasteiger partial charge in [-0.2, -0.15) is 0 Å². The molecule has 0 radical (unpaired) electrons. The number of hydrogen-bond acceptors (Lipinski definition) is 4. The summed E-state index contributed by atoms with van der Waals surface area (Å²) in [6.07, 6.45) is 0. The lowest BCUT2D eigenvalue weighted by Gasteiger charge is -2.48. The zero-order chi connectivity index (χ0) is 23.3. The van der Waals surface area contributed by atoms with Crippen molar-refractivity contribution in [2.45, 2.75) is 12.6 Å². The summed E-state index contributed by atoms with van der Waals surface area (Å²) in [6, 6.07) is 27.2.